The molecule has 7 nitrogen and oxygen atoms in total. The van der Waals surface area contributed by atoms with E-state index < -0.39 is 12.1 Å². The van der Waals surface area contributed by atoms with Gasteiger partial charge in [-0.2, -0.15) is 13.2 Å². The maximum Gasteiger partial charge on any atom is 0.490 e. The monoisotopic (exact) mass is 406 g/mol. The number of carbonyl (C=O) groups is 2. The highest BCUT2D eigenvalue weighted by atomic mass is 19.4. The van der Waals surface area contributed by atoms with Crippen molar-refractivity contribution in [3.8, 4) is 0 Å². The highest BCUT2D eigenvalue weighted by molar-refractivity contribution is 5.80. The Hall–Kier alpha value is -2.07. The number of amides is 1. The summed E-state index contributed by atoms with van der Waals surface area (Å²) in [5.74, 6) is -0.714. The van der Waals surface area contributed by atoms with E-state index in [1.807, 2.05) is 32.9 Å². The summed E-state index contributed by atoms with van der Waals surface area (Å²) in [5.41, 5.74) is 0. The second-order valence-electron chi connectivity index (χ2n) is 7.31. The predicted molar refractivity (Wildman–Crippen MR) is 92.5 cm³/mol. The van der Waals surface area contributed by atoms with Gasteiger partial charge in [0.15, 0.2) is 0 Å². The number of carboxylic acid groups (broad SMARTS) is 1. The molecule has 3 rings (SSSR count). The zero-order chi connectivity index (χ0) is 21.1. The molecule has 28 heavy (non-hydrogen) atoms. The molecule has 2 saturated heterocycles. The van der Waals surface area contributed by atoms with Crippen molar-refractivity contribution in [2.45, 2.75) is 58.2 Å². The van der Waals surface area contributed by atoms with Crippen molar-refractivity contribution in [1.82, 2.24) is 10.2 Å². The lowest BCUT2D eigenvalue weighted by Crippen LogP contribution is -2.45. The van der Waals surface area contributed by atoms with Crippen LogP contribution < -0.4 is 5.32 Å². The summed E-state index contributed by atoms with van der Waals surface area (Å²) < 4.78 is 43.3. The van der Waals surface area contributed by atoms with E-state index >= 15 is 0 Å². The highest BCUT2D eigenvalue weighted by Gasteiger charge is 2.44. The number of rotatable bonds is 4. The number of alkyl halides is 3. The first kappa shape index (κ1) is 22.2. The van der Waals surface area contributed by atoms with E-state index in [2.05, 4.69) is 10.2 Å². The van der Waals surface area contributed by atoms with E-state index in [4.69, 9.17) is 19.1 Å². The van der Waals surface area contributed by atoms with Gasteiger partial charge in [0, 0.05) is 19.1 Å². The van der Waals surface area contributed by atoms with E-state index in [1.165, 1.54) is 0 Å². The Morgan fingerprint density at radius 3 is 2.46 bits per heavy atom. The van der Waals surface area contributed by atoms with Crippen LogP contribution in [0.5, 0.6) is 0 Å². The van der Waals surface area contributed by atoms with Crippen LogP contribution in [-0.2, 0) is 20.9 Å². The molecule has 3 atom stereocenters. The Kier molecular flexibility index (Phi) is 7.11. The third-order valence-corrected chi connectivity index (χ3v) is 4.42. The molecule has 1 aromatic rings. The number of halogens is 3. The Morgan fingerprint density at radius 2 is 1.96 bits per heavy atom. The molecule has 0 radical (unpaired) electrons. The van der Waals surface area contributed by atoms with E-state index in [0.29, 0.717) is 0 Å². The van der Waals surface area contributed by atoms with Gasteiger partial charge in [0.05, 0.1) is 24.7 Å². The average Bonchev–Trinajstić information content (AvgIpc) is 3.09. The van der Waals surface area contributed by atoms with Crippen molar-refractivity contribution in [2.24, 2.45) is 5.92 Å². The summed E-state index contributed by atoms with van der Waals surface area (Å²) in [5, 5.41) is 10.1. The van der Waals surface area contributed by atoms with Gasteiger partial charge in [-0.3, -0.25) is 9.69 Å². The maximum absolute atomic E-state index is 12.2. The van der Waals surface area contributed by atoms with Crippen LogP contribution >= 0.6 is 0 Å². The lowest BCUT2D eigenvalue weighted by molar-refractivity contribution is -0.192. The fourth-order valence-electron chi connectivity index (χ4n) is 3.32. The summed E-state index contributed by atoms with van der Waals surface area (Å²) in [7, 11) is 0. The van der Waals surface area contributed by atoms with Gasteiger partial charge in [-0.15, -0.1) is 0 Å². The summed E-state index contributed by atoms with van der Waals surface area (Å²) in [4.78, 5) is 23.5. The average molecular weight is 406 g/mol. The fraction of sp³-hybridized carbons (Fsp3) is 0.667. The lowest BCUT2D eigenvalue weighted by Gasteiger charge is -2.32. The smallest absolute Gasteiger partial charge is 0.475 e. The van der Waals surface area contributed by atoms with Gasteiger partial charge in [0.1, 0.15) is 11.5 Å². The van der Waals surface area contributed by atoms with E-state index in [1.54, 1.807) is 0 Å². The summed E-state index contributed by atoms with van der Waals surface area (Å²) in [6, 6.07) is 4.19. The molecule has 2 aliphatic rings. The molecule has 0 aromatic carbocycles. The summed E-state index contributed by atoms with van der Waals surface area (Å²) in [6.07, 6.45) is -4.07. The molecule has 3 unspecified atom stereocenters. The number of morpholine rings is 1. The third kappa shape index (κ3) is 6.23. The number of aryl methyl sites for hydroxylation is 1. The Bertz CT molecular complexity index is 689. The Balaban J connectivity index is 0.000000345. The third-order valence-electron chi connectivity index (χ3n) is 4.42. The molecule has 0 spiro atoms. The molecule has 3 heterocycles. The number of hydrogen-bond donors (Lipinski definition) is 2. The molecular weight excluding hydrogens is 381 g/mol. The van der Waals surface area contributed by atoms with Gasteiger partial charge in [0.2, 0.25) is 5.91 Å². The van der Waals surface area contributed by atoms with Crippen molar-refractivity contribution in [3.63, 3.8) is 0 Å². The van der Waals surface area contributed by atoms with Crippen LogP contribution in [0.25, 0.3) is 0 Å². The van der Waals surface area contributed by atoms with Crippen molar-refractivity contribution in [3.05, 3.63) is 23.7 Å². The Labute approximate surface area is 160 Å². The number of aliphatic carboxylic acids is 1. The van der Waals surface area contributed by atoms with Crippen molar-refractivity contribution >= 4 is 11.9 Å². The molecule has 158 valence electrons. The quantitative estimate of drug-likeness (QED) is 0.798. The molecule has 1 aromatic heterocycles. The van der Waals surface area contributed by atoms with Gasteiger partial charge < -0.3 is 19.6 Å². The minimum Gasteiger partial charge on any atom is -0.475 e. The number of likely N-dealkylation sites (tertiary alicyclic amines) is 1. The van der Waals surface area contributed by atoms with Crippen LogP contribution in [0.1, 0.15) is 31.8 Å². The number of hydrogen-bond acceptors (Lipinski definition) is 5. The number of carboxylic acids is 1. The SMILES string of the molecule is Cc1ccc(CN2CC3CC(C(=O)NC(C)C)C(C2)O3)o1.O=C(O)C(F)(F)F. The molecular formula is C18H25F3N2O5. The first-order valence-electron chi connectivity index (χ1n) is 8.99. The number of nitrogens with zero attached hydrogens (tertiary/aromatic N) is 1. The topological polar surface area (TPSA) is 92.0 Å². The number of furan rings is 1. The largest absolute Gasteiger partial charge is 0.490 e. The van der Waals surface area contributed by atoms with E-state index in [9.17, 15) is 18.0 Å². The number of fused-ring (bicyclic) bond motifs is 2. The highest BCUT2D eigenvalue weighted by Crippen LogP contribution is 2.32. The van der Waals surface area contributed by atoms with Crippen molar-refractivity contribution in [1.29, 1.82) is 0 Å². The van der Waals surface area contributed by atoms with Crippen molar-refractivity contribution < 1.29 is 37.0 Å². The molecule has 2 bridgehead atoms. The van der Waals surface area contributed by atoms with Crippen LogP contribution in [0, 0.1) is 12.8 Å². The zero-order valence-electron chi connectivity index (χ0n) is 16.0. The lowest BCUT2D eigenvalue weighted by atomic mass is 9.99. The van der Waals surface area contributed by atoms with Crippen LogP contribution in [0.4, 0.5) is 13.2 Å². The summed E-state index contributed by atoms with van der Waals surface area (Å²) >= 11 is 0. The van der Waals surface area contributed by atoms with Crippen LogP contribution in [-0.4, -0.2) is 59.4 Å². The predicted octanol–water partition coefficient (Wildman–Crippen LogP) is 2.34. The second kappa shape index (κ2) is 8.95. The minimum absolute atomic E-state index is 0.0126. The molecule has 1 amide bonds. The fourth-order valence-corrected chi connectivity index (χ4v) is 3.32. The minimum atomic E-state index is -5.08. The standard InChI is InChI=1S/C16H24N2O3.C2HF3O2/c1-10(2)17-16(19)14-6-13-8-18(9-15(14)21-13)7-12-5-4-11(3)20-12;3-2(4,5)1(6)7/h4-5,10,13-15H,6-9H2,1-3H3,(H,17,19);(H,6,7). The number of nitrogens with one attached hydrogen (secondary N) is 1. The zero-order valence-corrected chi connectivity index (χ0v) is 16.0. The molecule has 2 aliphatic heterocycles. The van der Waals surface area contributed by atoms with E-state index in [-0.39, 0.29) is 30.1 Å². The first-order chi connectivity index (χ1) is 13.0. The maximum atomic E-state index is 12.2. The van der Waals surface area contributed by atoms with Crippen LogP contribution in [0.3, 0.4) is 0 Å². The van der Waals surface area contributed by atoms with Crippen molar-refractivity contribution in [2.75, 3.05) is 13.1 Å². The van der Waals surface area contributed by atoms with Crippen LogP contribution in [0.15, 0.2) is 16.5 Å². The summed E-state index contributed by atoms with van der Waals surface area (Å²) in [6.45, 7) is 8.41. The van der Waals surface area contributed by atoms with Crippen LogP contribution in [0.2, 0.25) is 0 Å². The molecule has 0 saturated carbocycles. The van der Waals surface area contributed by atoms with E-state index in [0.717, 1.165) is 37.6 Å². The second-order valence-corrected chi connectivity index (χ2v) is 7.31. The molecule has 10 heteroatoms. The van der Waals surface area contributed by atoms with Gasteiger partial charge in [-0.05, 0) is 39.3 Å². The number of ether oxygens (including phenoxy) is 1. The van der Waals surface area contributed by atoms with Gasteiger partial charge in [-0.1, -0.05) is 0 Å². The normalized spacial score (nSPS) is 24.6. The first-order valence-corrected chi connectivity index (χ1v) is 8.99. The van der Waals surface area contributed by atoms with Gasteiger partial charge in [-0.25, -0.2) is 4.79 Å². The van der Waals surface area contributed by atoms with Gasteiger partial charge in [0.25, 0.3) is 0 Å². The molecule has 2 N–H and O–H groups in total. The molecule has 0 aliphatic carbocycles. The number of carbonyl (C=O) groups excluding carboxylic acids is 1. The van der Waals surface area contributed by atoms with Gasteiger partial charge >= 0.3 is 12.1 Å². The Morgan fingerprint density at radius 1 is 1.32 bits per heavy atom. The molecule has 2 fully saturated rings.